The van der Waals surface area contributed by atoms with Gasteiger partial charge in [-0.05, 0) is 53.1 Å². The number of H-pyrrole nitrogens is 1. The maximum absolute atomic E-state index is 13.3. The number of hydrogen-bond acceptors (Lipinski definition) is 2. The van der Waals surface area contributed by atoms with Crippen molar-refractivity contribution in [2.24, 2.45) is 5.92 Å². The summed E-state index contributed by atoms with van der Waals surface area (Å²) in [6, 6.07) is 3.44. The number of aromatic amines is 1. The Hall–Kier alpha value is -1.31. The maximum Gasteiger partial charge on any atom is 0.264 e. The van der Waals surface area contributed by atoms with E-state index in [1.54, 1.807) is 0 Å². The van der Waals surface area contributed by atoms with Crippen LogP contribution in [-0.4, -0.2) is 9.97 Å². The fraction of sp³-hybridized carbons (Fsp3) is 0.286. The molecule has 6 heteroatoms. The third-order valence-electron chi connectivity index (χ3n) is 2.73. The Morgan fingerprint density at radius 3 is 2.60 bits per heavy atom. The molecule has 0 radical (unpaired) electrons. The fourth-order valence-corrected chi connectivity index (χ4v) is 2.28. The summed E-state index contributed by atoms with van der Waals surface area (Å²) in [4.78, 5) is 18.8. The average molecular weight is 390 g/mol. The van der Waals surface area contributed by atoms with E-state index >= 15 is 0 Å². The molecule has 0 fully saturated rings. The molecule has 1 aromatic heterocycles. The molecule has 0 unspecified atom stereocenters. The molecule has 0 amide bonds. The summed E-state index contributed by atoms with van der Waals surface area (Å²) >= 11 is 1.95. The number of rotatable bonds is 3. The molecule has 0 aliphatic heterocycles. The Labute approximate surface area is 128 Å². The molecule has 0 aliphatic rings. The molecule has 20 heavy (non-hydrogen) atoms. The minimum Gasteiger partial charge on any atom is -0.306 e. The second kappa shape index (κ2) is 5.99. The molecule has 2 rings (SSSR count). The molecule has 3 nitrogen and oxygen atoms in total. The van der Waals surface area contributed by atoms with Gasteiger partial charge in [-0.3, -0.25) is 4.79 Å². The quantitative estimate of drug-likeness (QED) is 0.816. The van der Waals surface area contributed by atoms with E-state index in [2.05, 4.69) is 9.97 Å². The van der Waals surface area contributed by atoms with Crippen LogP contribution in [0.25, 0.3) is 11.4 Å². The monoisotopic (exact) mass is 390 g/mol. The van der Waals surface area contributed by atoms with Gasteiger partial charge in [-0.15, -0.1) is 0 Å². The SMILES string of the molecule is CC(C)Cc1nc(-c2ccc(F)c(F)c2)[nH]c(=O)c1I. The molecule has 2 aromatic rings. The van der Waals surface area contributed by atoms with Gasteiger partial charge in [0.15, 0.2) is 11.6 Å². The Bertz CT molecular complexity index is 698. The number of nitrogens with zero attached hydrogens (tertiary/aromatic N) is 1. The van der Waals surface area contributed by atoms with Crippen LogP contribution in [0.2, 0.25) is 0 Å². The number of benzene rings is 1. The number of hydrogen-bond donors (Lipinski definition) is 1. The van der Waals surface area contributed by atoms with Crippen LogP contribution in [0.1, 0.15) is 19.5 Å². The first kappa shape index (κ1) is 15.1. The van der Waals surface area contributed by atoms with Crippen molar-refractivity contribution in [2.45, 2.75) is 20.3 Å². The van der Waals surface area contributed by atoms with E-state index in [-0.39, 0.29) is 11.4 Å². The standard InChI is InChI=1S/C14H13F2IN2O/c1-7(2)5-11-12(17)14(20)19-13(18-11)8-3-4-9(15)10(16)6-8/h3-4,6-7H,5H2,1-2H3,(H,18,19,20). The average Bonchev–Trinajstić information content (AvgIpc) is 2.37. The van der Waals surface area contributed by atoms with Gasteiger partial charge in [-0.2, -0.15) is 0 Å². The van der Waals surface area contributed by atoms with Gasteiger partial charge in [-0.1, -0.05) is 13.8 Å². The highest BCUT2D eigenvalue weighted by Crippen LogP contribution is 2.19. The predicted octanol–water partition coefficient (Wildman–Crippen LogP) is 3.52. The van der Waals surface area contributed by atoms with Gasteiger partial charge in [-0.25, -0.2) is 13.8 Å². The van der Waals surface area contributed by atoms with Crippen LogP contribution < -0.4 is 5.56 Å². The lowest BCUT2D eigenvalue weighted by Gasteiger charge is -2.09. The summed E-state index contributed by atoms with van der Waals surface area (Å²) in [7, 11) is 0. The van der Waals surface area contributed by atoms with Crippen molar-refractivity contribution in [1.29, 1.82) is 0 Å². The minimum absolute atomic E-state index is 0.255. The van der Waals surface area contributed by atoms with Crippen molar-refractivity contribution in [2.75, 3.05) is 0 Å². The smallest absolute Gasteiger partial charge is 0.264 e. The molecule has 0 atom stereocenters. The molecule has 1 N–H and O–H groups in total. The highest BCUT2D eigenvalue weighted by atomic mass is 127. The number of nitrogens with one attached hydrogen (secondary N) is 1. The zero-order valence-electron chi connectivity index (χ0n) is 11.0. The van der Waals surface area contributed by atoms with Crippen molar-refractivity contribution < 1.29 is 8.78 Å². The molecule has 0 aliphatic carbocycles. The van der Waals surface area contributed by atoms with Crippen molar-refractivity contribution in [3.63, 3.8) is 0 Å². The van der Waals surface area contributed by atoms with Crippen molar-refractivity contribution >= 4 is 22.6 Å². The molecule has 1 aromatic carbocycles. The van der Waals surface area contributed by atoms with Gasteiger partial charge >= 0.3 is 0 Å². The largest absolute Gasteiger partial charge is 0.306 e. The van der Waals surface area contributed by atoms with Crippen LogP contribution >= 0.6 is 22.6 Å². The molecule has 0 saturated heterocycles. The van der Waals surface area contributed by atoms with Crippen LogP contribution in [0.4, 0.5) is 8.78 Å². The van der Waals surface area contributed by atoms with Gasteiger partial charge in [0.1, 0.15) is 5.82 Å². The van der Waals surface area contributed by atoms with Crippen LogP contribution in [-0.2, 0) is 6.42 Å². The van der Waals surface area contributed by atoms with Crippen molar-refractivity contribution in [1.82, 2.24) is 9.97 Å². The third-order valence-corrected chi connectivity index (χ3v) is 3.84. The van der Waals surface area contributed by atoms with E-state index in [1.807, 2.05) is 36.4 Å². The van der Waals surface area contributed by atoms with Gasteiger partial charge in [0.25, 0.3) is 5.56 Å². The lowest BCUT2D eigenvalue weighted by Crippen LogP contribution is -2.17. The molecule has 0 bridgehead atoms. The molecule has 0 saturated carbocycles. The van der Waals surface area contributed by atoms with Crippen LogP contribution in [0.5, 0.6) is 0 Å². The van der Waals surface area contributed by atoms with Gasteiger partial charge in [0.2, 0.25) is 0 Å². The van der Waals surface area contributed by atoms with Gasteiger partial charge in [0, 0.05) is 5.56 Å². The van der Waals surface area contributed by atoms with Crippen LogP contribution in [0, 0.1) is 21.1 Å². The summed E-state index contributed by atoms with van der Waals surface area (Å²) in [5.74, 6) is -1.29. The van der Waals surface area contributed by atoms with Crippen LogP contribution in [0.3, 0.4) is 0 Å². The van der Waals surface area contributed by atoms with Gasteiger partial charge < -0.3 is 4.98 Å². The first-order valence-corrected chi connectivity index (χ1v) is 7.20. The summed E-state index contributed by atoms with van der Waals surface area (Å²) in [5.41, 5.74) is 0.752. The molecule has 106 valence electrons. The van der Waals surface area contributed by atoms with E-state index < -0.39 is 11.6 Å². The first-order chi connectivity index (χ1) is 9.38. The zero-order valence-corrected chi connectivity index (χ0v) is 13.2. The Morgan fingerprint density at radius 1 is 1.30 bits per heavy atom. The van der Waals surface area contributed by atoms with Crippen molar-refractivity contribution in [3.05, 3.63) is 49.5 Å². The molecular weight excluding hydrogens is 377 g/mol. The Balaban J connectivity index is 2.54. The second-order valence-electron chi connectivity index (χ2n) is 4.90. The molecule has 1 heterocycles. The fourth-order valence-electron chi connectivity index (χ4n) is 1.81. The Kier molecular flexibility index (Phi) is 4.52. The third kappa shape index (κ3) is 3.23. The summed E-state index contributed by atoms with van der Waals surface area (Å²) in [5, 5.41) is 0. The van der Waals surface area contributed by atoms with E-state index in [0.29, 0.717) is 27.2 Å². The second-order valence-corrected chi connectivity index (χ2v) is 5.98. The molecular formula is C14H13F2IN2O. The van der Waals surface area contributed by atoms with Crippen LogP contribution in [0.15, 0.2) is 23.0 Å². The van der Waals surface area contributed by atoms with E-state index in [9.17, 15) is 13.6 Å². The predicted molar refractivity (Wildman–Crippen MR) is 81.5 cm³/mol. The van der Waals surface area contributed by atoms with Gasteiger partial charge in [0.05, 0.1) is 9.26 Å². The number of aromatic nitrogens is 2. The van der Waals surface area contributed by atoms with E-state index in [0.717, 1.165) is 12.1 Å². The zero-order chi connectivity index (χ0) is 14.9. The first-order valence-electron chi connectivity index (χ1n) is 6.12. The topological polar surface area (TPSA) is 45.8 Å². The summed E-state index contributed by atoms with van der Waals surface area (Å²) in [6.07, 6.45) is 0.652. The molecule has 0 spiro atoms. The normalized spacial score (nSPS) is 11.1. The maximum atomic E-state index is 13.3. The highest BCUT2D eigenvalue weighted by Gasteiger charge is 2.13. The summed E-state index contributed by atoms with van der Waals surface area (Å²) in [6.45, 7) is 4.05. The minimum atomic E-state index is -0.964. The Morgan fingerprint density at radius 2 is 2.00 bits per heavy atom. The summed E-state index contributed by atoms with van der Waals surface area (Å²) < 4.78 is 26.7. The van der Waals surface area contributed by atoms with Crippen molar-refractivity contribution in [3.8, 4) is 11.4 Å². The lowest BCUT2D eigenvalue weighted by atomic mass is 10.1. The van der Waals surface area contributed by atoms with E-state index in [4.69, 9.17) is 0 Å². The highest BCUT2D eigenvalue weighted by molar-refractivity contribution is 14.1. The van der Waals surface area contributed by atoms with E-state index in [1.165, 1.54) is 6.07 Å². The number of halogens is 3. The lowest BCUT2D eigenvalue weighted by molar-refractivity contribution is 0.509.